The molecule has 10 aromatic carbocycles. The average molecular weight is 881 g/mol. The van der Waals surface area contributed by atoms with Gasteiger partial charge in [-0.3, -0.25) is 4.57 Å². The van der Waals surface area contributed by atoms with E-state index in [0.29, 0.717) is 17.6 Å². The van der Waals surface area contributed by atoms with Crippen LogP contribution in [0.5, 0.6) is 0 Å². The fourth-order valence-electron chi connectivity index (χ4n) is 10.6. The fourth-order valence-corrected chi connectivity index (χ4v) is 10.6. The van der Waals surface area contributed by atoms with Crippen molar-refractivity contribution < 1.29 is 0 Å². The highest BCUT2D eigenvalue weighted by Gasteiger charge is 2.24. The maximum atomic E-state index is 5.50. The summed E-state index contributed by atoms with van der Waals surface area (Å²) in [6.45, 7) is 0. The van der Waals surface area contributed by atoms with E-state index in [9.17, 15) is 0 Å². The Morgan fingerprint density at radius 2 is 0.652 bits per heavy atom. The van der Waals surface area contributed by atoms with Gasteiger partial charge in [-0.05, 0) is 70.8 Å². The lowest BCUT2D eigenvalue weighted by atomic mass is 10.00. The van der Waals surface area contributed by atoms with E-state index in [-0.39, 0.29) is 0 Å². The van der Waals surface area contributed by atoms with Gasteiger partial charge < -0.3 is 9.13 Å². The van der Waals surface area contributed by atoms with Crippen LogP contribution in [0.3, 0.4) is 0 Å². The molecule has 6 heteroatoms. The highest BCUT2D eigenvalue weighted by Crippen LogP contribution is 2.43. The summed E-state index contributed by atoms with van der Waals surface area (Å²) in [7, 11) is 0. The molecule has 0 aliphatic carbocycles. The summed E-state index contributed by atoms with van der Waals surface area (Å²) in [5.41, 5.74) is 15.2. The topological polar surface area (TPSA) is 53.5 Å². The minimum Gasteiger partial charge on any atom is -0.309 e. The molecule has 0 N–H and O–H groups in total. The quantitative estimate of drug-likeness (QED) is 0.160. The van der Waals surface area contributed by atoms with Crippen molar-refractivity contribution in [2.75, 3.05) is 0 Å². The second-order valence-electron chi connectivity index (χ2n) is 17.6. The number of benzene rings is 10. The van der Waals surface area contributed by atoms with Gasteiger partial charge in [-0.1, -0.05) is 194 Å². The van der Waals surface area contributed by atoms with Crippen molar-refractivity contribution in [2.45, 2.75) is 0 Å². The lowest BCUT2D eigenvalue weighted by Crippen LogP contribution is -2.07. The van der Waals surface area contributed by atoms with E-state index in [1.54, 1.807) is 0 Å². The van der Waals surface area contributed by atoms with Crippen molar-refractivity contribution >= 4 is 65.4 Å². The molecule has 4 heterocycles. The standard InChI is InChI=1S/C63H40N6/c1-4-17-41(18-5-1)42-31-33-43(34-32-42)45-21-16-24-48(39-45)68-56-29-14-11-26-50(56)53-37-38-54-51-27-12-15-30-57(51)69(60(54)59(53)68)63-65-61(44-19-6-2-7-20-44)64-62(66-63)46-35-36-52-49-25-10-13-28-55(49)67(58(52)40-46)47-22-8-3-9-23-47/h1-40H. The van der Waals surface area contributed by atoms with E-state index in [2.05, 4.69) is 238 Å². The summed E-state index contributed by atoms with van der Waals surface area (Å²) in [6, 6.07) is 86.3. The van der Waals surface area contributed by atoms with Crippen molar-refractivity contribution in [1.82, 2.24) is 28.7 Å². The monoisotopic (exact) mass is 880 g/mol. The summed E-state index contributed by atoms with van der Waals surface area (Å²) in [5.74, 6) is 1.74. The lowest BCUT2D eigenvalue weighted by molar-refractivity contribution is 0.953. The van der Waals surface area contributed by atoms with Gasteiger partial charge in [0.2, 0.25) is 5.95 Å². The largest absolute Gasteiger partial charge is 0.309 e. The molecule has 0 bridgehead atoms. The van der Waals surface area contributed by atoms with Crippen molar-refractivity contribution in [3.8, 4) is 62.4 Å². The first kappa shape index (κ1) is 38.8. The Bertz CT molecular complexity index is 4280. The Labute approximate surface area is 397 Å². The van der Waals surface area contributed by atoms with Crippen molar-refractivity contribution in [2.24, 2.45) is 0 Å². The van der Waals surface area contributed by atoms with Gasteiger partial charge in [-0.15, -0.1) is 0 Å². The summed E-state index contributed by atoms with van der Waals surface area (Å²) >= 11 is 0. The number of aromatic nitrogens is 6. The van der Waals surface area contributed by atoms with Gasteiger partial charge in [-0.2, -0.15) is 9.97 Å². The number of fused-ring (bicyclic) bond motifs is 10. The molecule has 0 saturated carbocycles. The zero-order chi connectivity index (χ0) is 45.4. The van der Waals surface area contributed by atoms with Crippen molar-refractivity contribution in [3.05, 3.63) is 243 Å². The molecule has 4 aromatic heterocycles. The van der Waals surface area contributed by atoms with E-state index in [1.165, 1.54) is 27.3 Å². The second-order valence-corrected chi connectivity index (χ2v) is 17.6. The minimum atomic E-state index is 0.547. The summed E-state index contributed by atoms with van der Waals surface area (Å²) in [6.07, 6.45) is 0. The van der Waals surface area contributed by atoms with Crippen LogP contribution in [0.2, 0.25) is 0 Å². The molecule has 6 nitrogen and oxygen atoms in total. The van der Waals surface area contributed by atoms with Crippen LogP contribution in [0.25, 0.3) is 128 Å². The number of rotatable bonds is 7. The zero-order valence-corrected chi connectivity index (χ0v) is 37.3. The Kier molecular flexibility index (Phi) is 8.79. The maximum absolute atomic E-state index is 5.50. The predicted molar refractivity (Wildman–Crippen MR) is 285 cm³/mol. The first-order valence-electron chi connectivity index (χ1n) is 23.4. The van der Waals surface area contributed by atoms with Gasteiger partial charge in [0.15, 0.2) is 11.6 Å². The summed E-state index contributed by atoms with van der Waals surface area (Å²) in [4.78, 5) is 16.2. The van der Waals surface area contributed by atoms with Crippen LogP contribution < -0.4 is 0 Å². The Morgan fingerprint density at radius 1 is 0.232 bits per heavy atom. The summed E-state index contributed by atoms with van der Waals surface area (Å²) in [5, 5.41) is 6.92. The molecule has 0 amide bonds. The molecule has 0 spiro atoms. The lowest BCUT2D eigenvalue weighted by Gasteiger charge is -2.14. The van der Waals surface area contributed by atoms with Crippen molar-refractivity contribution in [3.63, 3.8) is 0 Å². The van der Waals surface area contributed by atoms with Crippen LogP contribution in [-0.4, -0.2) is 28.7 Å². The van der Waals surface area contributed by atoms with Crippen LogP contribution in [0, 0.1) is 0 Å². The number of hydrogen-bond donors (Lipinski definition) is 0. The van der Waals surface area contributed by atoms with Gasteiger partial charge in [-0.25, -0.2) is 4.98 Å². The predicted octanol–water partition coefficient (Wildman–Crippen LogP) is 15.8. The van der Waals surface area contributed by atoms with E-state index in [4.69, 9.17) is 15.0 Å². The second kappa shape index (κ2) is 15.6. The van der Waals surface area contributed by atoms with Crippen LogP contribution >= 0.6 is 0 Å². The molecular weight excluding hydrogens is 841 g/mol. The van der Waals surface area contributed by atoms with E-state index in [0.717, 1.165) is 82.9 Å². The Morgan fingerprint density at radius 3 is 1.30 bits per heavy atom. The first-order valence-corrected chi connectivity index (χ1v) is 23.4. The van der Waals surface area contributed by atoms with Gasteiger partial charge >= 0.3 is 0 Å². The van der Waals surface area contributed by atoms with Crippen LogP contribution in [0.4, 0.5) is 0 Å². The Hall–Kier alpha value is -9.39. The Balaban J connectivity index is 1.03. The minimum absolute atomic E-state index is 0.547. The van der Waals surface area contributed by atoms with Gasteiger partial charge in [0, 0.05) is 54.8 Å². The molecular formula is C63H40N6. The number of hydrogen-bond acceptors (Lipinski definition) is 3. The SMILES string of the molecule is c1ccc(-c2ccc(-c3cccc(-n4c5ccccc5c5ccc6c7ccccc7n(-c7nc(-c8ccccc8)nc(-c8ccc9c%10ccccc%10n(-c%10ccccc%10)c9c8)n7)c6c54)c3)cc2)cc1. The molecule has 0 aliphatic rings. The normalized spacial score (nSPS) is 11.8. The highest BCUT2D eigenvalue weighted by atomic mass is 15.2. The molecule has 322 valence electrons. The third-order valence-corrected chi connectivity index (χ3v) is 13.7. The molecule has 69 heavy (non-hydrogen) atoms. The van der Waals surface area contributed by atoms with Crippen LogP contribution in [0.15, 0.2) is 243 Å². The maximum Gasteiger partial charge on any atom is 0.238 e. The van der Waals surface area contributed by atoms with Gasteiger partial charge in [0.25, 0.3) is 0 Å². The molecule has 14 aromatic rings. The van der Waals surface area contributed by atoms with Gasteiger partial charge in [0.05, 0.1) is 33.1 Å². The molecule has 0 saturated heterocycles. The van der Waals surface area contributed by atoms with Gasteiger partial charge in [0.1, 0.15) is 0 Å². The molecule has 0 radical (unpaired) electrons. The van der Waals surface area contributed by atoms with E-state index in [1.807, 2.05) is 18.2 Å². The molecule has 14 rings (SSSR count). The third kappa shape index (κ3) is 6.23. The van der Waals surface area contributed by atoms with Crippen LogP contribution in [0.1, 0.15) is 0 Å². The van der Waals surface area contributed by atoms with Crippen LogP contribution in [-0.2, 0) is 0 Å². The zero-order valence-electron chi connectivity index (χ0n) is 37.3. The van der Waals surface area contributed by atoms with Crippen molar-refractivity contribution in [1.29, 1.82) is 0 Å². The molecule has 0 aliphatic heterocycles. The van der Waals surface area contributed by atoms with E-state index < -0.39 is 0 Å². The number of para-hydroxylation sites is 4. The average Bonchev–Trinajstić information content (AvgIpc) is 4.07. The number of nitrogens with zero attached hydrogens (tertiary/aromatic N) is 6. The summed E-state index contributed by atoms with van der Waals surface area (Å²) < 4.78 is 7.04. The smallest absolute Gasteiger partial charge is 0.238 e. The molecule has 0 atom stereocenters. The van der Waals surface area contributed by atoms with E-state index >= 15 is 0 Å². The first-order chi connectivity index (χ1) is 34.2. The molecule has 0 unspecified atom stereocenters. The highest BCUT2D eigenvalue weighted by molar-refractivity contribution is 6.23. The fraction of sp³-hybridized carbons (Fsp3) is 0. The third-order valence-electron chi connectivity index (χ3n) is 13.7. The molecule has 0 fully saturated rings.